The Labute approximate surface area is 166 Å². The quantitative estimate of drug-likeness (QED) is 0.372. The molecule has 3 rings (SSSR count). The van der Waals surface area contributed by atoms with E-state index in [4.69, 9.17) is 28.9 Å². The van der Waals surface area contributed by atoms with E-state index in [9.17, 15) is 9.90 Å². The number of aliphatic hydroxyl groups excluding tert-OH is 1. The average molecular weight is 493 g/mol. The number of rotatable bonds is 2. The normalized spacial score (nSPS) is 16.4. The van der Waals surface area contributed by atoms with Crippen molar-refractivity contribution in [1.29, 1.82) is 0 Å². The fraction of sp³-hybridized carbons (Fsp3) is 0.0714. The fourth-order valence-corrected chi connectivity index (χ4v) is 3.23. The molecule has 2 amide bonds. The molecular formula is C14H11Cl2IN6O2. The summed E-state index contributed by atoms with van der Waals surface area (Å²) in [5, 5.41) is 20.3. The number of anilines is 3. The van der Waals surface area contributed by atoms with E-state index < -0.39 is 12.4 Å². The number of benzene rings is 2. The first-order valence-electron chi connectivity index (χ1n) is 6.87. The lowest BCUT2D eigenvalue weighted by Gasteiger charge is -2.25. The molecule has 2 aromatic rings. The summed E-state index contributed by atoms with van der Waals surface area (Å²) in [6.45, 7) is 0. The van der Waals surface area contributed by atoms with E-state index in [-0.39, 0.29) is 15.7 Å². The number of aliphatic hydroxyl groups is 1. The van der Waals surface area contributed by atoms with E-state index in [1.807, 2.05) is 0 Å². The molecule has 0 spiro atoms. The summed E-state index contributed by atoms with van der Waals surface area (Å²) in [5.74, 6) is 0. The molecule has 0 saturated carbocycles. The average Bonchev–Trinajstić information content (AvgIpc) is 2.95. The molecule has 0 bridgehead atoms. The van der Waals surface area contributed by atoms with Gasteiger partial charge in [-0.05, 0) is 40.8 Å². The summed E-state index contributed by atoms with van der Waals surface area (Å²) in [5.41, 5.74) is 7.01. The first-order valence-corrected chi connectivity index (χ1v) is 8.59. The molecule has 1 aliphatic heterocycles. The van der Waals surface area contributed by atoms with Gasteiger partial charge in [-0.15, -0.1) is 5.01 Å². The molecular weight excluding hydrogens is 482 g/mol. The van der Waals surface area contributed by atoms with E-state index in [2.05, 4.69) is 10.4 Å². The standard InChI is InChI=1S/C14H11Cl2IN6O2/c15-10-5-2-6-11(16)12(10)22-14(25)23(20-19-22)13(24)21(17)9-4-1-3-8(18)7-9/h1-7,14,25H,18H2. The minimum atomic E-state index is -1.50. The molecule has 0 radical (unpaired) electrons. The van der Waals surface area contributed by atoms with Gasteiger partial charge in [0.05, 0.1) is 38.6 Å². The lowest BCUT2D eigenvalue weighted by Crippen LogP contribution is -2.45. The first kappa shape index (κ1) is 18.0. The summed E-state index contributed by atoms with van der Waals surface area (Å²) < 4.78 is 1.26. The molecule has 25 heavy (non-hydrogen) atoms. The summed E-state index contributed by atoms with van der Waals surface area (Å²) in [7, 11) is 0. The highest BCUT2D eigenvalue weighted by Crippen LogP contribution is 2.37. The third-order valence-corrected chi connectivity index (χ3v) is 4.88. The molecule has 1 unspecified atom stereocenters. The van der Waals surface area contributed by atoms with Crippen molar-refractivity contribution in [3.05, 3.63) is 52.5 Å². The van der Waals surface area contributed by atoms with Crippen LogP contribution in [0.25, 0.3) is 0 Å². The predicted octanol–water partition coefficient (Wildman–Crippen LogP) is 4.23. The highest BCUT2D eigenvalue weighted by molar-refractivity contribution is 14.1. The Morgan fingerprint density at radius 3 is 2.48 bits per heavy atom. The maximum absolute atomic E-state index is 12.6. The molecule has 1 aliphatic rings. The van der Waals surface area contributed by atoms with Gasteiger partial charge in [0.2, 0.25) is 0 Å². The van der Waals surface area contributed by atoms with Crippen LogP contribution in [0.5, 0.6) is 0 Å². The van der Waals surface area contributed by atoms with Crippen LogP contribution in [0.15, 0.2) is 52.9 Å². The van der Waals surface area contributed by atoms with Gasteiger partial charge in [-0.25, -0.2) is 7.91 Å². The van der Waals surface area contributed by atoms with Crippen LogP contribution in [-0.2, 0) is 0 Å². The lowest BCUT2D eigenvalue weighted by atomic mass is 10.3. The third kappa shape index (κ3) is 3.45. The molecule has 1 heterocycles. The zero-order valence-electron chi connectivity index (χ0n) is 12.4. The van der Waals surface area contributed by atoms with Crippen LogP contribution in [0, 0.1) is 0 Å². The second-order valence-electron chi connectivity index (χ2n) is 4.94. The van der Waals surface area contributed by atoms with Crippen LogP contribution in [0.3, 0.4) is 0 Å². The second-order valence-corrected chi connectivity index (χ2v) is 6.72. The molecule has 0 saturated heterocycles. The molecule has 0 aliphatic carbocycles. The van der Waals surface area contributed by atoms with Crippen LogP contribution in [0.4, 0.5) is 21.9 Å². The minimum absolute atomic E-state index is 0.251. The summed E-state index contributed by atoms with van der Waals surface area (Å²) in [6.07, 6.45) is -1.50. The fourth-order valence-electron chi connectivity index (χ4n) is 2.13. The van der Waals surface area contributed by atoms with Crippen molar-refractivity contribution >= 4 is 69.2 Å². The molecule has 11 heteroatoms. The molecule has 8 nitrogen and oxygen atoms in total. The summed E-state index contributed by atoms with van der Waals surface area (Å²) >= 11 is 14.0. The Bertz CT molecular complexity index is 832. The largest absolute Gasteiger partial charge is 0.399 e. The number of nitrogens with two attached hydrogens (primary N) is 1. The van der Waals surface area contributed by atoms with Crippen molar-refractivity contribution in [3.8, 4) is 0 Å². The van der Waals surface area contributed by atoms with E-state index in [0.29, 0.717) is 11.4 Å². The number of para-hydroxylation sites is 1. The zero-order chi connectivity index (χ0) is 18.1. The number of urea groups is 1. The second kappa shape index (κ2) is 7.20. The number of halogens is 3. The van der Waals surface area contributed by atoms with E-state index in [1.165, 1.54) is 3.11 Å². The highest BCUT2D eigenvalue weighted by Gasteiger charge is 2.38. The van der Waals surface area contributed by atoms with Crippen molar-refractivity contribution in [1.82, 2.24) is 5.01 Å². The van der Waals surface area contributed by atoms with Gasteiger partial charge >= 0.3 is 6.03 Å². The van der Waals surface area contributed by atoms with Crippen molar-refractivity contribution in [3.63, 3.8) is 0 Å². The molecule has 3 N–H and O–H groups in total. The lowest BCUT2D eigenvalue weighted by molar-refractivity contribution is 0.0557. The van der Waals surface area contributed by atoms with E-state index >= 15 is 0 Å². The van der Waals surface area contributed by atoms with Crippen LogP contribution >= 0.6 is 46.1 Å². The van der Waals surface area contributed by atoms with Crippen LogP contribution in [-0.4, -0.2) is 22.5 Å². The Kier molecular flexibility index (Phi) is 5.18. The Hall–Kier alpha value is -1.82. The van der Waals surface area contributed by atoms with Crippen LogP contribution < -0.4 is 13.9 Å². The zero-order valence-corrected chi connectivity index (χ0v) is 16.1. The summed E-state index contributed by atoms with van der Waals surface area (Å²) in [6, 6.07) is 10.9. The minimum Gasteiger partial charge on any atom is -0.399 e. The van der Waals surface area contributed by atoms with Gasteiger partial charge in [0.25, 0.3) is 6.35 Å². The highest BCUT2D eigenvalue weighted by atomic mass is 127. The topological polar surface area (TPSA) is 97.8 Å². The molecule has 0 aromatic heterocycles. The maximum Gasteiger partial charge on any atom is 0.359 e. The molecule has 2 aromatic carbocycles. The van der Waals surface area contributed by atoms with Crippen molar-refractivity contribution in [2.45, 2.75) is 6.35 Å². The number of nitrogens with zero attached hydrogens (tertiary/aromatic N) is 5. The van der Waals surface area contributed by atoms with Crippen molar-refractivity contribution in [2.24, 2.45) is 10.4 Å². The Morgan fingerprint density at radius 2 is 1.84 bits per heavy atom. The smallest absolute Gasteiger partial charge is 0.359 e. The van der Waals surface area contributed by atoms with Gasteiger partial charge in [-0.1, -0.05) is 35.3 Å². The van der Waals surface area contributed by atoms with Crippen LogP contribution in [0.1, 0.15) is 0 Å². The van der Waals surface area contributed by atoms with Crippen LogP contribution in [0.2, 0.25) is 10.0 Å². The number of nitrogen functional groups attached to an aromatic ring is 1. The number of hydrogen-bond donors (Lipinski definition) is 2. The van der Waals surface area contributed by atoms with Gasteiger partial charge in [0, 0.05) is 5.69 Å². The van der Waals surface area contributed by atoms with Gasteiger partial charge in [0.1, 0.15) is 5.69 Å². The Balaban J connectivity index is 1.83. The Morgan fingerprint density at radius 1 is 1.20 bits per heavy atom. The summed E-state index contributed by atoms with van der Waals surface area (Å²) in [4.78, 5) is 12.6. The third-order valence-electron chi connectivity index (χ3n) is 3.30. The van der Waals surface area contributed by atoms with Gasteiger partial charge in [0.15, 0.2) is 0 Å². The number of amides is 2. The first-order chi connectivity index (χ1) is 11.9. The van der Waals surface area contributed by atoms with Crippen molar-refractivity contribution < 1.29 is 9.90 Å². The van der Waals surface area contributed by atoms with Gasteiger partial charge < -0.3 is 10.8 Å². The maximum atomic E-state index is 12.6. The molecule has 0 fully saturated rings. The van der Waals surface area contributed by atoms with Gasteiger partial charge in [-0.3, -0.25) is 0 Å². The molecule has 1 atom stereocenters. The SMILES string of the molecule is Nc1cccc(N(I)C(=O)N2N=NN(c3c(Cl)cccc3Cl)C2O)c1. The predicted molar refractivity (Wildman–Crippen MR) is 104 cm³/mol. The molecule has 130 valence electrons. The van der Waals surface area contributed by atoms with Crippen molar-refractivity contribution in [2.75, 3.05) is 13.9 Å². The van der Waals surface area contributed by atoms with E-state index in [0.717, 1.165) is 10.0 Å². The number of carbonyl (C=O) groups excluding carboxylic acids is 1. The number of hydrogen-bond acceptors (Lipinski definition) is 6. The number of carbonyl (C=O) groups is 1. The van der Waals surface area contributed by atoms with Gasteiger partial charge in [-0.2, -0.15) is 5.01 Å². The monoisotopic (exact) mass is 492 g/mol. The van der Waals surface area contributed by atoms with E-state index in [1.54, 1.807) is 65.3 Å².